The second kappa shape index (κ2) is 9.26. The van der Waals surface area contributed by atoms with E-state index in [-0.39, 0.29) is 12.4 Å². The Hall–Kier alpha value is -2.31. The number of hydrogen-bond acceptors (Lipinski definition) is 2. The molecule has 2 aromatic rings. The summed E-state index contributed by atoms with van der Waals surface area (Å²) in [6.07, 6.45) is 5.10. The highest BCUT2D eigenvalue weighted by molar-refractivity contribution is 6.04. The Kier molecular flexibility index (Phi) is 7.27. The van der Waals surface area contributed by atoms with Crippen molar-refractivity contribution < 1.29 is 18.0 Å². The summed E-state index contributed by atoms with van der Waals surface area (Å²) in [6, 6.07) is 8.63. The Morgan fingerprint density at radius 2 is 1.79 bits per heavy atom. The first-order chi connectivity index (χ1) is 12.8. The molecule has 0 radical (unpaired) electrons. The SMILES string of the molecule is CN(C)C1CC=C(c2cccc(NC(=O)c3c(F)cc(F)cc3F)c2)CC1.Cl. The number of carbonyl (C=O) groups excluding carboxylic acids is 1. The van der Waals surface area contributed by atoms with Gasteiger partial charge in [0, 0.05) is 23.9 Å². The Bertz CT molecular complexity index is 876. The first-order valence-corrected chi connectivity index (χ1v) is 8.77. The predicted molar refractivity (Wildman–Crippen MR) is 107 cm³/mol. The Labute approximate surface area is 168 Å². The van der Waals surface area contributed by atoms with E-state index in [1.807, 2.05) is 6.07 Å². The van der Waals surface area contributed by atoms with Gasteiger partial charge >= 0.3 is 0 Å². The normalized spacial score (nSPS) is 16.4. The minimum absolute atomic E-state index is 0. The van der Waals surface area contributed by atoms with Crippen LogP contribution in [0, 0.1) is 17.5 Å². The largest absolute Gasteiger partial charge is 0.322 e. The average Bonchev–Trinajstić information content (AvgIpc) is 2.61. The number of carbonyl (C=O) groups is 1. The number of hydrogen-bond donors (Lipinski definition) is 1. The van der Waals surface area contributed by atoms with E-state index in [0.29, 0.717) is 23.9 Å². The van der Waals surface area contributed by atoms with Crippen LogP contribution in [0.4, 0.5) is 18.9 Å². The van der Waals surface area contributed by atoms with Crippen LogP contribution in [0.2, 0.25) is 0 Å². The van der Waals surface area contributed by atoms with Gasteiger partial charge in [0.1, 0.15) is 23.0 Å². The molecule has 0 heterocycles. The molecular weight excluding hydrogens is 389 g/mol. The zero-order valence-corrected chi connectivity index (χ0v) is 16.5. The van der Waals surface area contributed by atoms with Gasteiger partial charge in [-0.1, -0.05) is 18.2 Å². The van der Waals surface area contributed by atoms with Crippen molar-refractivity contribution >= 4 is 29.6 Å². The molecule has 0 aromatic heterocycles. The van der Waals surface area contributed by atoms with E-state index < -0.39 is 28.9 Å². The Morgan fingerprint density at radius 1 is 1.11 bits per heavy atom. The molecule has 0 saturated carbocycles. The fourth-order valence-electron chi connectivity index (χ4n) is 3.30. The third-order valence-corrected chi connectivity index (χ3v) is 4.84. The third-order valence-electron chi connectivity index (χ3n) is 4.84. The molecule has 0 aliphatic heterocycles. The highest BCUT2D eigenvalue weighted by Crippen LogP contribution is 2.30. The number of nitrogens with one attached hydrogen (secondary N) is 1. The fraction of sp³-hybridized carbons (Fsp3) is 0.286. The number of amides is 1. The summed E-state index contributed by atoms with van der Waals surface area (Å²) in [5, 5.41) is 2.49. The number of halogens is 4. The van der Waals surface area contributed by atoms with Gasteiger partial charge in [-0.2, -0.15) is 0 Å². The fourth-order valence-corrected chi connectivity index (χ4v) is 3.30. The molecule has 1 amide bonds. The Balaban J connectivity index is 0.00000280. The molecule has 7 heteroatoms. The monoisotopic (exact) mass is 410 g/mol. The molecule has 1 N–H and O–H groups in total. The van der Waals surface area contributed by atoms with Crippen LogP contribution < -0.4 is 5.32 Å². The lowest BCUT2D eigenvalue weighted by atomic mass is 9.90. The standard InChI is InChI=1S/C21H21F3N2O.ClH/c1-26(2)17-8-6-13(7-9-17)14-4-3-5-16(10-14)25-21(27)20-18(23)11-15(22)12-19(20)24;/h3-6,10-12,17H,7-9H2,1-2H3,(H,25,27);1H. The summed E-state index contributed by atoms with van der Waals surface area (Å²) in [4.78, 5) is 14.4. The van der Waals surface area contributed by atoms with Gasteiger partial charge in [0.25, 0.3) is 5.91 Å². The van der Waals surface area contributed by atoms with Crippen LogP contribution in [-0.2, 0) is 0 Å². The van der Waals surface area contributed by atoms with Crippen LogP contribution in [-0.4, -0.2) is 30.9 Å². The van der Waals surface area contributed by atoms with Gasteiger partial charge in [-0.25, -0.2) is 13.2 Å². The van der Waals surface area contributed by atoms with Crippen molar-refractivity contribution in [3.05, 3.63) is 71.1 Å². The third kappa shape index (κ3) is 4.94. The molecule has 1 unspecified atom stereocenters. The molecule has 0 saturated heterocycles. The van der Waals surface area contributed by atoms with Crippen molar-refractivity contribution in [3.63, 3.8) is 0 Å². The van der Waals surface area contributed by atoms with Crippen LogP contribution in [0.15, 0.2) is 42.5 Å². The van der Waals surface area contributed by atoms with Crippen LogP contribution in [0.25, 0.3) is 5.57 Å². The van der Waals surface area contributed by atoms with E-state index in [1.54, 1.807) is 18.2 Å². The molecule has 28 heavy (non-hydrogen) atoms. The molecule has 3 nitrogen and oxygen atoms in total. The van der Waals surface area contributed by atoms with E-state index in [2.05, 4.69) is 30.4 Å². The summed E-state index contributed by atoms with van der Waals surface area (Å²) in [7, 11) is 4.13. The molecule has 1 aliphatic rings. The van der Waals surface area contributed by atoms with Gasteiger partial charge in [-0.15, -0.1) is 12.4 Å². The van der Waals surface area contributed by atoms with Crippen molar-refractivity contribution in [2.24, 2.45) is 0 Å². The number of anilines is 1. The lowest BCUT2D eigenvalue weighted by Crippen LogP contribution is -2.28. The topological polar surface area (TPSA) is 32.3 Å². The maximum Gasteiger partial charge on any atom is 0.261 e. The van der Waals surface area contributed by atoms with Crippen molar-refractivity contribution in [1.82, 2.24) is 4.90 Å². The van der Waals surface area contributed by atoms with Crippen LogP contribution in [0.1, 0.15) is 35.2 Å². The molecule has 3 rings (SSSR count). The minimum atomic E-state index is -1.23. The second-order valence-electron chi connectivity index (χ2n) is 6.90. The van der Waals surface area contributed by atoms with Gasteiger partial charge in [0.05, 0.1) is 0 Å². The van der Waals surface area contributed by atoms with Gasteiger partial charge in [0.15, 0.2) is 0 Å². The lowest BCUT2D eigenvalue weighted by Gasteiger charge is -2.27. The maximum atomic E-state index is 13.8. The lowest BCUT2D eigenvalue weighted by molar-refractivity contribution is 0.101. The van der Waals surface area contributed by atoms with Crippen LogP contribution >= 0.6 is 12.4 Å². The van der Waals surface area contributed by atoms with Gasteiger partial charge in [-0.3, -0.25) is 4.79 Å². The van der Waals surface area contributed by atoms with Crippen LogP contribution in [0.5, 0.6) is 0 Å². The number of benzene rings is 2. The molecular formula is C21H22ClF3N2O. The summed E-state index contributed by atoms with van der Waals surface area (Å²) in [5.74, 6) is -4.48. The zero-order valence-electron chi connectivity index (χ0n) is 15.6. The number of nitrogens with zero attached hydrogens (tertiary/aromatic N) is 1. The second-order valence-corrected chi connectivity index (χ2v) is 6.90. The van der Waals surface area contributed by atoms with Crippen molar-refractivity contribution in [3.8, 4) is 0 Å². The molecule has 2 aromatic carbocycles. The summed E-state index contributed by atoms with van der Waals surface area (Å²) in [5.41, 5.74) is 1.78. The molecule has 0 fully saturated rings. The minimum Gasteiger partial charge on any atom is -0.322 e. The van der Waals surface area contributed by atoms with Crippen molar-refractivity contribution in [1.29, 1.82) is 0 Å². The summed E-state index contributed by atoms with van der Waals surface area (Å²) < 4.78 is 40.6. The van der Waals surface area contributed by atoms with Gasteiger partial charge in [0.2, 0.25) is 0 Å². The van der Waals surface area contributed by atoms with E-state index in [1.165, 1.54) is 5.57 Å². The first-order valence-electron chi connectivity index (χ1n) is 8.77. The van der Waals surface area contributed by atoms with E-state index >= 15 is 0 Å². The number of rotatable bonds is 4. The molecule has 0 spiro atoms. The maximum absolute atomic E-state index is 13.8. The number of allylic oxidation sites excluding steroid dienone is 1. The Morgan fingerprint density at radius 3 is 2.36 bits per heavy atom. The quantitative estimate of drug-likeness (QED) is 0.744. The predicted octanol–water partition coefficient (Wildman–Crippen LogP) is 5.28. The smallest absolute Gasteiger partial charge is 0.261 e. The van der Waals surface area contributed by atoms with Gasteiger partial charge in [-0.05, 0) is 56.6 Å². The summed E-state index contributed by atoms with van der Waals surface area (Å²) >= 11 is 0. The molecule has 1 atom stereocenters. The average molecular weight is 411 g/mol. The first kappa shape index (κ1) is 22.0. The van der Waals surface area contributed by atoms with Crippen molar-refractivity contribution in [2.45, 2.75) is 25.3 Å². The van der Waals surface area contributed by atoms with E-state index in [4.69, 9.17) is 0 Å². The highest BCUT2D eigenvalue weighted by Gasteiger charge is 2.20. The van der Waals surface area contributed by atoms with Gasteiger partial charge < -0.3 is 10.2 Å². The molecule has 1 aliphatic carbocycles. The van der Waals surface area contributed by atoms with Crippen LogP contribution in [0.3, 0.4) is 0 Å². The summed E-state index contributed by atoms with van der Waals surface area (Å²) in [6.45, 7) is 0. The molecule has 0 bridgehead atoms. The van der Waals surface area contributed by atoms with Crippen molar-refractivity contribution in [2.75, 3.05) is 19.4 Å². The molecule has 150 valence electrons. The zero-order chi connectivity index (χ0) is 19.6. The highest BCUT2D eigenvalue weighted by atomic mass is 35.5. The van der Waals surface area contributed by atoms with E-state index in [0.717, 1.165) is 24.8 Å². The van der Waals surface area contributed by atoms with E-state index in [9.17, 15) is 18.0 Å².